The molecule has 32 heavy (non-hydrogen) atoms. The van der Waals surface area contributed by atoms with Gasteiger partial charge in [-0.1, -0.05) is 12.1 Å². The van der Waals surface area contributed by atoms with Gasteiger partial charge in [0.2, 0.25) is 0 Å². The molecule has 6 nitrogen and oxygen atoms in total. The topological polar surface area (TPSA) is 66.8 Å². The lowest BCUT2D eigenvalue weighted by molar-refractivity contribution is 0.0531. The lowest BCUT2D eigenvalue weighted by atomic mass is 9.89. The minimum atomic E-state index is -0.684. The predicted octanol–water partition coefficient (Wildman–Crippen LogP) is 5.55. The highest BCUT2D eigenvalue weighted by atomic mass is 19.1. The maximum atomic E-state index is 14.1. The molecule has 0 saturated heterocycles. The highest BCUT2D eigenvalue weighted by molar-refractivity contribution is 6.12. The van der Waals surface area contributed by atoms with Crippen LogP contribution in [-0.4, -0.2) is 28.1 Å². The molecule has 0 spiro atoms. The summed E-state index contributed by atoms with van der Waals surface area (Å²) < 4.78 is 33.0. The largest absolute Gasteiger partial charge is 0.493 e. The third kappa shape index (κ3) is 3.43. The highest BCUT2D eigenvalue weighted by Crippen LogP contribution is 2.41. The van der Waals surface area contributed by atoms with Crippen LogP contribution in [0.4, 0.5) is 9.18 Å². The van der Waals surface area contributed by atoms with Crippen molar-refractivity contribution in [2.75, 3.05) is 0 Å². The SMILES string of the molecule is CC(C)(C)OC(=O)n1cc([C@H]2C[C@H]3Oc4ccccc4C(=O)C3=CO2)c2cc(F)ccc21. The van der Waals surface area contributed by atoms with E-state index >= 15 is 0 Å². The molecule has 164 valence electrons. The number of rotatable bonds is 1. The van der Waals surface area contributed by atoms with Crippen LogP contribution in [0.25, 0.3) is 10.9 Å². The Bertz CT molecular complexity index is 1280. The number of ether oxygens (including phenoxy) is 3. The number of aromatic nitrogens is 1. The van der Waals surface area contributed by atoms with Crippen LogP contribution < -0.4 is 4.74 Å². The summed E-state index contributed by atoms with van der Waals surface area (Å²) in [7, 11) is 0. The van der Waals surface area contributed by atoms with E-state index in [4.69, 9.17) is 14.2 Å². The Hall–Kier alpha value is -3.61. The second-order valence-corrected chi connectivity index (χ2v) is 8.96. The van der Waals surface area contributed by atoms with E-state index in [9.17, 15) is 14.0 Å². The van der Waals surface area contributed by atoms with Gasteiger partial charge < -0.3 is 14.2 Å². The molecule has 3 heterocycles. The van der Waals surface area contributed by atoms with E-state index in [0.717, 1.165) is 0 Å². The Labute approximate surface area is 184 Å². The average molecular weight is 435 g/mol. The summed E-state index contributed by atoms with van der Waals surface area (Å²) in [5.74, 6) is -0.0224. The van der Waals surface area contributed by atoms with Gasteiger partial charge in [0.25, 0.3) is 0 Å². The van der Waals surface area contributed by atoms with Gasteiger partial charge in [-0.3, -0.25) is 9.36 Å². The molecular weight excluding hydrogens is 413 g/mol. The van der Waals surface area contributed by atoms with Gasteiger partial charge in [0, 0.05) is 23.6 Å². The van der Waals surface area contributed by atoms with Crippen LogP contribution in [0, 0.1) is 5.82 Å². The van der Waals surface area contributed by atoms with Crippen molar-refractivity contribution in [3.8, 4) is 5.75 Å². The lowest BCUT2D eigenvalue weighted by Gasteiger charge is -2.33. The second-order valence-electron chi connectivity index (χ2n) is 8.96. The molecule has 0 saturated carbocycles. The van der Waals surface area contributed by atoms with Crippen LogP contribution in [-0.2, 0) is 9.47 Å². The smallest absolute Gasteiger partial charge is 0.419 e. The molecule has 2 aliphatic heterocycles. The molecule has 5 rings (SSSR count). The molecule has 0 fully saturated rings. The third-order valence-corrected chi connectivity index (χ3v) is 5.53. The quantitative estimate of drug-likeness (QED) is 0.501. The molecule has 1 aromatic heterocycles. The van der Waals surface area contributed by atoms with Gasteiger partial charge in [-0.05, 0) is 51.1 Å². The average Bonchev–Trinajstić information content (AvgIpc) is 3.11. The third-order valence-electron chi connectivity index (χ3n) is 5.53. The fourth-order valence-electron chi connectivity index (χ4n) is 4.13. The van der Waals surface area contributed by atoms with Crippen molar-refractivity contribution in [2.24, 2.45) is 0 Å². The van der Waals surface area contributed by atoms with Crippen LogP contribution in [0.2, 0.25) is 0 Å². The van der Waals surface area contributed by atoms with Crippen molar-refractivity contribution in [1.82, 2.24) is 4.57 Å². The second kappa shape index (κ2) is 7.22. The van der Waals surface area contributed by atoms with E-state index < -0.39 is 29.7 Å². The minimum absolute atomic E-state index is 0.127. The zero-order valence-corrected chi connectivity index (χ0v) is 17.9. The summed E-state index contributed by atoms with van der Waals surface area (Å²) in [5, 5.41) is 0.542. The molecular formula is C25H22FNO5. The number of benzene rings is 2. The number of hydrogen-bond donors (Lipinski definition) is 0. The standard InChI is InChI=1S/C25H22FNO5/c1-25(2,3)32-24(29)27-12-17(16-10-14(26)8-9-19(16)27)21-11-22-18(13-30-21)23(28)15-6-4-5-7-20(15)31-22/h4-10,12-13,21-22H,11H2,1-3H3/t21-,22-/m1/s1. The summed E-state index contributed by atoms with van der Waals surface area (Å²) in [4.78, 5) is 25.6. The van der Waals surface area contributed by atoms with Crippen molar-refractivity contribution < 1.29 is 28.2 Å². The maximum Gasteiger partial charge on any atom is 0.419 e. The van der Waals surface area contributed by atoms with E-state index in [1.807, 2.05) is 6.07 Å². The fraction of sp³-hybridized carbons (Fsp3) is 0.280. The normalized spacial score (nSPS) is 20.0. The first kappa shape index (κ1) is 20.3. The van der Waals surface area contributed by atoms with E-state index in [0.29, 0.717) is 39.8 Å². The van der Waals surface area contributed by atoms with Crippen LogP contribution in [0.5, 0.6) is 5.75 Å². The summed E-state index contributed by atoms with van der Waals surface area (Å²) in [6, 6.07) is 11.3. The molecule has 2 aliphatic rings. The summed E-state index contributed by atoms with van der Waals surface area (Å²) in [6.07, 6.45) is 1.79. The van der Waals surface area contributed by atoms with Gasteiger partial charge in [-0.25, -0.2) is 9.18 Å². The number of nitrogens with zero attached hydrogens (tertiary/aromatic N) is 1. The molecule has 2 aromatic carbocycles. The van der Waals surface area contributed by atoms with Crippen molar-refractivity contribution in [1.29, 1.82) is 0 Å². The summed E-state index contributed by atoms with van der Waals surface area (Å²) in [6.45, 7) is 5.34. The van der Waals surface area contributed by atoms with E-state index in [2.05, 4.69) is 0 Å². The summed E-state index contributed by atoms with van der Waals surface area (Å²) >= 11 is 0. The van der Waals surface area contributed by atoms with E-state index in [1.54, 1.807) is 51.2 Å². The lowest BCUT2D eigenvalue weighted by Crippen LogP contribution is -2.34. The molecule has 0 radical (unpaired) electrons. The number of para-hydroxylation sites is 1. The van der Waals surface area contributed by atoms with Gasteiger partial charge in [0.1, 0.15) is 29.4 Å². The Morgan fingerprint density at radius 3 is 2.72 bits per heavy atom. The fourth-order valence-corrected chi connectivity index (χ4v) is 4.13. The first-order chi connectivity index (χ1) is 15.2. The predicted molar refractivity (Wildman–Crippen MR) is 115 cm³/mol. The number of ketones is 1. The summed E-state index contributed by atoms with van der Waals surface area (Å²) in [5.41, 5.74) is 1.40. The zero-order chi connectivity index (χ0) is 22.6. The van der Waals surface area contributed by atoms with Crippen molar-refractivity contribution in [2.45, 2.75) is 45.0 Å². The molecule has 2 atom stereocenters. The Morgan fingerprint density at radius 2 is 1.94 bits per heavy atom. The van der Waals surface area contributed by atoms with Crippen LogP contribution >= 0.6 is 0 Å². The monoisotopic (exact) mass is 435 g/mol. The van der Waals surface area contributed by atoms with Crippen molar-refractivity contribution in [3.63, 3.8) is 0 Å². The van der Waals surface area contributed by atoms with Gasteiger partial charge in [-0.2, -0.15) is 0 Å². The molecule has 0 aliphatic carbocycles. The van der Waals surface area contributed by atoms with Gasteiger partial charge in [0.05, 0.1) is 22.9 Å². The molecule has 0 unspecified atom stereocenters. The van der Waals surface area contributed by atoms with Crippen LogP contribution in [0.1, 0.15) is 49.2 Å². The zero-order valence-electron chi connectivity index (χ0n) is 17.9. The van der Waals surface area contributed by atoms with Gasteiger partial charge in [0.15, 0.2) is 5.78 Å². The highest BCUT2D eigenvalue weighted by Gasteiger charge is 2.38. The molecule has 0 amide bonds. The molecule has 7 heteroatoms. The van der Waals surface area contributed by atoms with Gasteiger partial charge in [-0.15, -0.1) is 0 Å². The van der Waals surface area contributed by atoms with Crippen molar-refractivity contribution >= 4 is 22.8 Å². The Morgan fingerprint density at radius 1 is 1.16 bits per heavy atom. The maximum absolute atomic E-state index is 14.1. The minimum Gasteiger partial charge on any atom is -0.493 e. The molecule has 0 N–H and O–H groups in total. The molecule has 3 aromatic rings. The van der Waals surface area contributed by atoms with Crippen molar-refractivity contribution in [3.05, 3.63) is 77.4 Å². The van der Waals surface area contributed by atoms with Gasteiger partial charge >= 0.3 is 6.09 Å². The first-order valence-electron chi connectivity index (χ1n) is 10.4. The number of fused-ring (bicyclic) bond motifs is 3. The van der Waals surface area contributed by atoms with Crippen LogP contribution in [0.15, 0.2) is 60.5 Å². The van der Waals surface area contributed by atoms with E-state index in [1.165, 1.54) is 23.0 Å². The Balaban J connectivity index is 1.53. The Kier molecular flexibility index (Phi) is 4.58. The number of halogens is 1. The van der Waals surface area contributed by atoms with Crippen LogP contribution in [0.3, 0.4) is 0 Å². The number of hydrogen-bond acceptors (Lipinski definition) is 5. The molecule has 0 bridgehead atoms. The van der Waals surface area contributed by atoms with E-state index in [-0.39, 0.29) is 5.78 Å². The number of carbonyl (C=O) groups is 2. The number of carbonyl (C=O) groups excluding carboxylic acids is 2. The first-order valence-corrected chi connectivity index (χ1v) is 10.4. The number of Topliss-reactive ketones (excluding diaryl/α,β-unsaturated/α-hetero) is 1.